The first-order valence-corrected chi connectivity index (χ1v) is 22.6. The predicted molar refractivity (Wildman–Crippen MR) is 225 cm³/mol. The molecule has 11 nitrogen and oxygen atoms in total. The van der Waals surface area contributed by atoms with Crippen molar-refractivity contribution in [2.45, 2.75) is 38.5 Å². The molecule has 2 heterocycles. The van der Waals surface area contributed by atoms with Crippen LogP contribution in [0.25, 0.3) is 22.3 Å². The fourth-order valence-corrected chi connectivity index (χ4v) is 9.10. The van der Waals surface area contributed by atoms with Gasteiger partial charge in [-0.05, 0) is 60.4 Å². The highest BCUT2D eigenvalue weighted by Gasteiger charge is 2.29. The van der Waals surface area contributed by atoms with Crippen LogP contribution in [0, 0.1) is 0 Å². The zero-order valence-electron chi connectivity index (χ0n) is 30.5. The third-order valence-electron chi connectivity index (χ3n) is 8.49. The summed E-state index contributed by atoms with van der Waals surface area (Å²) in [6, 6.07) is 31.4. The van der Waals surface area contributed by atoms with Crippen LogP contribution in [-0.4, -0.2) is 73.4 Å². The highest BCUT2D eigenvalue weighted by atomic mass is 32.2. The van der Waals surface area contributed by atoms with Crippen molar-refractivity contribution in [2.75, 3.05) is 44.6 Å². The lowest BCUT2D eigenvalue weighted by Gasteiger charge is -2.14. The lowest BCUT2D eigenvalue weighted by Crippen LogP contribution is -2.05. The van der Waals surface area contributed by atoms with Gasteiger partial charge in [-0.2, -0.15) is 0 Å². The topological polar surface area (TPSA) is 156 Å². The number of benzene rings is 4. The maximum Gasteiger partial charge on any atom is 0.339 e. The molecule has 4 aromatic carbocycles. The summed E-state index contributed by atoms with van der Waals surface area (Å²) in [5.41, 5.74) is 5.59. The summed E-state index contributed by atoms with van der Waals surface area (Å²) in [5, 5.41) is 0. The number of ether oxygens (including phenoxy) is 2. The van der Waals surface area contributed by atoms with Crippen LogP contribution in [-0.2, 0) is 52.3 Å². The highest BCUT2D eigenvalue weighted by Crippen LogP contribution is 2.48. The maximum absolute atomic E-state index is 12.7. The lowest BCUT2D eigenvalue weighted by atomic mass is 9.97. The Balaban J connectivity index is 0.000000316. The van der Waals surface area contributed by atoms with E-state index in [0.29, 0.717) is 11.1 Å². The second-order valence-corrected chi connectivity index (χ2v) is 18.4. The van der Waals surface area contributed by atoms with Gasteiger partial charge in [0.15, 0.2) is 19.7 Å². The maximum atomic E-state index is 12.7. The average molecular weight is 837 g/mol. The number of esters is 2. The molecule has 0 atom stereocenters. The van der Waals surface area contributed by atoms with Gasteiger partial charge in [0.2, 0.25) is 0 Å². The van der Waals surface area contributed by atoms with E-state index in [1.807, 2.05) is 60.7 Å². The van der Waals surface area contributed by atoms with Gasteiger partial charge in [0, 0.05) is 17.4 Å². The second kappa shape index (κ2) is 20.5. The highest BCUT2D eigenvalue weighted by molar-refractivity contribution is 7.91. The summed E-state index contributed by atoms with van der Waals surface area (Å²) in [6.45, 7) is 4.26. The van der Waals surface area contributed by atoms with E-state index in [9.17, 15) is 31.0 Å². The van der Waals surface area contributed by atoms with Crippen LogP contribution in [0.5, 0.6) is 0 Å². The minimum absolute atomic E-state index is 0. The number of cyclic esters (lactones) is 2. The molecule has 0 aliphatic carbocycles. The van der Waals surface area contributed by atoms with Gasteiger partial charge in [-0.1, -0.05) is 112 Å². The van der Waals surface area contributed by atoms with Gasteiger partial charge in [0.1, 0.15) is 13.2 Å². The summed E-state index contributed by atoms with van der Waals surface area (Å²) in [7, 11) is -10.1. The van der Waals surface area contributed by atoms with E-state index in [1.165, 1.54) is 30.5 Å². The number of carbonyl (C=O) groups excluding carboxylic acids is 2. The van der Waals surface area contributed by atoms with Gasteiger partial charge in [0.05, 0.1) is 46.1 Å². The van der Waals surface area contributed by atoms with E-state index in [4.69, 9.17) is 18.5 Å². The number of hydrogen-bond donors (Lipinski definition) is 0. The third-order valence-corrected chi connectivity index (χ3v) is 13.2. The van der Waals surface area contributed by atoms with Crippen LogP contribution >= 0.6 is 7.60 Å². The van der Waals surface area contributed by atoms with Gasteiger partial charge in [-0.15, -0.1) is 0 Å². The minimum atomic E-state index is -3.59. The van der Waals surface area contributed by atoms with Crippen molar-refractivity contribution in [2.24, 2.45) is 0 Å². The molecule has 0 radical (unpaired) electrons. The molecule has 14 heteroatoms. The Morgan fingerprint density at radius 3 is 1.39 bits per heavy atom. The van der Waals surface area contributed by atoms with E-state index in [1.54, 1.807) is 50.2 Å². The van der Waals surface area contributed by atoms with Crippen molar-refractivity contribution in [3.05, 3.63) is 144 Å². The molecule has 6 rings (SSSR count). The van der Waals surface area contributed by atoms with Crippen molar-refractivity contribution >= 4 is 61.5 Å². The molecule has 0 spiro atoms. The molecule has 2 aliphatic heterocycles. The molecule has 0 aromatic heterocycles. The Morgan fingerprint density at radius 1 is 0.596 bits per heavy atom. The van der Waals surface area contributed by atoms with E-state index in [-0.39, 0.29) is 69.0 Å². The normalized spacial score (nSPS) is 14.4. The summed E-state index contributed by atoms with van der Waals surface area (Å²) >= 11 is 0. The molecule has 0 unspecified atom stereocenters. The molecule has 304 valence electrons. The van der Waals surface area contributed by atoms with Crippen LogP contribution in [0.4, 0.5) is 0 Å². The Kier molecular flexibility index (Phi) is 16.7. The quantitative estimate of drug-likeness (QED) is 0.0681. The van der Waals surface area contributed by atoms with Crippen molar-refractivity contribution in [1.29, 1.82) is 0 Å². The molecular formula is C43H49O11PS2. The first-order valence-electron chi connectivity index (χ1n) is 17.3. The molecular weight excluding hydrogens is 788 g/mol. The Hall–Kier alpha value is -4.91. The van der Waals surface area contributed by atoms with Crippen molar-refractivity contribution in [3.63, 3.8) is 0 Å². The van der Waals surface area contributed by atoms with Gasteiger partial charge in [-0.3, -0.25) is 4.57 Å². The Morgan fingerprint density at radius 2 is 1.00 bits per heavy atom. The number of hydrogen-bond acceptors (Lipinski definition) is 11. The molecule has 57 heavy (non-hydrogen) atoms. The molecule has 0 amide bonds. The fourth-order valence-electron chi connectivity index (χ4n) is 5.86. The zero-order valence-corrected chi connectivity index (χ0v) is 33.1. The number of sulfone groups is 2. The third kappa shape index (κ3) is 11.8. The summed E-state index contributed by atoms with van der Waals surface area (Å²) in [4.78, 5) is 24.7. The predicted octanol–water partition coefficient (Wildman–Crippen LogP) is 8.58. The first kappa shape index (κ1) is 46.5. The molecule has 2 aliphatic rings. The number of carbonyl (C=O) groups is 2. The van der Waals surface area contributed by atoms with Crippen LogP contribution in [0.2, 0.25) is 0 Å². The Bertz CT molecular complexity index is 2360. The van der Waals surface area contributed by atoms with Crippen LogP contribution < -0.4 is 0 Å². The van der Waals surface area contributed by atoms with Gasteiger partial charge >= 0.3 is 19.5 Å². The van der Waals surface area contributed by atoms with Crippen LogP contribution in [0.15, 0.2) is 131 Å². The van der Waals surface area contributed by atoms with Crippen molar-refractivity contribution < 1.29 is 49.5 Å². The van der Waals surface area contributed by atoms with Crippen molar-refractivity contribution in [1.82, 2.24) is 0 Å². The molecule has 0 fully saturated rings. The fraction of sp³-hybridized carbons (Fsp3) is 0.256. The van der Waals surface area contributed by atoms with Crippen molar-refractivity contribution in [3.8, 4) is 0 Å². The lowest BCUT2D eigenvalue weighted by molar-refractivity contribution is -0.134. The molecule has 0 saturated heterocycles. The molecule has 4 aromatic rings. The average Bonchev–Trinajstić information content (AvgIpc) is 3.76. The molecule has 0 N–H and O–H groups in total. The van der Waals surface area contributed by atoms with Crippen LogP contribution in [0.3, 0.4) is 0 Å². The van der Waals surface area contributed by atoms with E-state index < -0.39 is 33.2 Å². The summed E-state index contributed by atoms with van der Waals surface area (Å²) in [5.74, 6) is -0.993. The standard InChI is InChI=1S/C24H27O7PS.C17H14O4S.2CH4/c1-3-30-32(26,31-4-2)16-8-9-17-33(27,28)21-14-12-19(13-15-21)22-18-29-24(25)23(22)20-10-6-5-7-11-20;1-22(19,20)14-9-7-12(8-10-14)15-11-21-17(18)16(15)13-5-3-2-4-6-13;;/h5-15H,3-4,16-18H2,1-2H3;2-10H,11H2,1H3;2*1H4/b9-8+;;;. The van der Waals surface area contributed by atoms with E-state index in [2.05, 4.69) is 0 Å². The number of allylic oxidation sites excluding steroid dienone is 1. The zero-order chi connectivity index (χ0) is 39.6. The molecule has 0 bridgehead atoms. The minimum Gasteiger partial charge on any atom is -0.457 e. The van der Waals surface area contributed by atoms with Gasteiger partial charge < -0.3 is 18.5 Å². The SMILES string of the molecule is C.C.CCOP(=O)(C/C=C/CS(=O)(=O)c1ccc(C2=C(c3ccccc3)C(=O)OC2)cc1)OCC.CS(=O)(=O)c1ccc(C2=C(c3ccccc3)C(=O)OC2)cc1. The van der Waals surface area contributed by atoms with E-state index >= 15 is 0 Å². The Labute approximate surface area is 336 Å². The summed E-state index contributed by atoms with van der Waals surface area (Å²) in [6.07, 6.45) is 4.14. The summed E-state index contributed by atoms with van der Waals surface area (Å²) < 4.78 is 81.6. The van der Waals surface area contributed by atoms with Gasteiger partial charge in [0.25, 0.3) is 0 Å². The smallest absolute Gasteiger partial charge is 0.339 e. The van der Waals surface area contributed by atoms with Gasteiger partial charge in [-0.25, -0.2) is 26.4 Å². The van der Waals surface area contributed by atoms with Crippen LogP contribution in [0.1, 0.15) is 51.0 Å². The number of rotatable bonds is 14. The van der Waals surface area contributed by atoms with E-state index in [0.717, 1.165) is 33.4 Å². The second-order valence-electron chi connectivity index (χ2n) is 12.3. The monoisotopic (exact) mass is 836 g/mol. The largest absolute Gasteiger partial charge is 0.457 e. The molecule has 0 saturated carbocycles. The first-order chi connectivity index (χ1) is 26.3.